The monoisotopic (exact) mass is 206 g/mol. The van der Waals surface area contributed by atoms with Crippen molar-refractivity contribution >= 4 is 11.6 Å². The second kappa shape index (κ2) is 4.00. The maximum Gasteiger partial charge on any atom is 0.231 e. The Morgan fingerprint density at radius 2 is 2.33 bits per heavy atom. The van der Waals surface area contributed by atoms with E-state index in [2.05, 4.69) is 4.84 Å². The fourth-order valence-corrected chi connectivity index (χ4v) is 1.82. The molecule has 0 bridgehead atoms. The van der Waals surface area contributed by atoms with E-state index >= 15 is 0 Å². The summed E-state index contributed by atoms with van der Waals surface area (Å²) in [5, 5.41) is 0. The van der Waals surface area contributed by atoms with Crippen LogP contribution in [0.4, 0.5) is 5.69 Å². The minimum atomic E-state index is 0.150. The Morgan fingerprint density at radius 1 is 1.53 bits per heavy atom. The highest BCUT2D eigenvalue weighted by molar-refractivity contribution is 6.00. The Morgan fingerprint density at radius 3 is 3.07 bits per heavy atom. The van der Waals surface area contributed by atoms with Crippen molar-refractivity contribution in [3.05, 3.63) is 29.3 Å². The predicted molar refractivity (Wildman–Crippen MR) is 57.4 cm³/mol. The second-order valence-electron chi connectivity index (χ2n) is 3.71. The SMILES string of the molecule is CN1C(=O)Cc2ccc(CCON)cc21. The molecule has 0 atom stereocenters. The average Bonchev–Trinajstić information content (AvgIpc) is 2.52. The van der Waals surface area contributed by atoms with Crippen LogP contribution in [-0.4, -0.2) is 19.6 Å². The summed E-state index contributed by atoms with van der Waals surface area (Å²) in [7, 11) is 1.80. The molecule has 0 unspecified atom stereocenters. The summed E-state index contributed by atoms with van der Waals surface area (Å²) in [6.45, 7) is 0.496. The number of carbonyl (C=O) groups is 1. The molecular weight excluding hydrogens is 192 g/mol. The van der Waals surface area contributed by atoms with Gasteiger partial charge in [0.05, 0.1) is 13.0 Å². The highest BCUT2D eigenvalue weighted by Gasteiger charge is 2.23. The number of nitrogens with two attached hydrogens (primary N) is 1. The van der Waals surface area contributed by atoms with Crippen LogP contribution in [0.1, 0.15) is 11.1 Å². The van der Waals surface area contributed by atoms with Crippen LogP contribution >= 0.6 is 0 Å². The molecule has 0 saturated carbocycles. The van der Waals surface area contributed by atoms with Crippen LogP contribution in [0, 0.1) is 0 Å². The largest absolute Gasteiger partial charge is 0.315 e. The van der Waals surface area contributed by atoms with E-state index in [-0.39, 0.29) is 5.91 Å². The molecule has 15 heavy (non-hydrogen) atoms. The van der Waals surface area contributed by atoms with Gasteiger partial charge >= 0.3 is 0 Å². The predicted octanol–water partition coefficient (Wildman–Crippen LogP) is 0.638. The van der Waals surface area contributed by atoms with Gasteiger partial charge in [-0.15, -0.1) is 0 Å². The minimum absolute atomic E-state index is 0.150. The molecule has 4 heteroatoms. The molecule has 1 heterocycles. The maximum absolute atomic E-state index is 11.4. The third-order valence-corrected chi connectivity index (χ3v) is 2.74. The topological polar surface area (TPSA) is 55.6 Å². The van der Waals surface area contributed by atoms with E-state index in [1.54, 1.807) is 11.9 Å². The van der Waals surface area contributed by atoms with Gasteiger partial charge in [-0.05, 0) is 23.6 Å². The number of likely N-dealkylation sites (N-methyl/N-ethyl adjacent to an activating group) is 1. The summed E-state index contributed by atoms with van der Waals surface area (Å²) in [5.74, 6) is 5.12. The van der Waals surface area contributed by atoms with Gasteiger partial charge in [-0.1, -0.05) is 12.1 Å². The summed E-state index contributed by atoms with van der Waals surface area (Å²) in [6.07, 6.45) is 1.28. The maximum atomic E-state index is 11.4. The van der Waals surface area contributed by atoms with Crippen molar-refractivity contribution in [3.8, 4) is 0 Å². The van der Waals surface area contributed by atoms with E-state index in [1.165, 1.54) is 0 Å². The number of amides is 1. The van der Waals surface area contributed by atoms with E-state index in [1.807, 2.05) is 18.2 Å². The smallest absolute Gasteiger partial charge is 0.231 e. The van der Waals surface area contributed by atoms with E-state index in [0.717, 1.165) is 23.2 Å². The molecule has 1 aromatic rings. The lowest BCUT2D eigenvalue weighted by molar-refractivity contribution is -0.117. The molecule has 2 N–H and O–H groups in total. The van der Waals surface area contributed by atoms with Crippen LogP contribution in [0.3, 0.4) is 0 Å². The number of fused-ring (bicyclic) bond motifs is 1. The molecule has 0 saturated heterocycles. The zero-order valence-electron chi connectivity index (χ0n) is 8.69. The molecule has 1 aromatic carbocycles. The van der Waals surface area contributed by atoms with Crippen molar-refractivity contribution in [3.63, 3.8) is 0 Å². The normalized spacial score (nSPS) is 14.5. The first-order valence-corrected chi connectivity index (χ1v) is 4.92. The standard InChI is InChI=1S/C11H14N2O2/c1-13-10-6-8(4-5-15-12)2-3-9(10)7-11(13)14/h2-3,6H,4-5,7,12H2,1H3. The van der Waals surface area contributed by atoms with Gasteiger partial charge in [0.1, 0.15) is 0 Å². The molecule has 4 nitrogen and oxygen atoms in total. The fraction of sp³-hybridized carbons (Fsp3) is 0.364. The highest BCUT2D eigenvalue weighted by atomic mass is 16.6. The van der Waals surface area contributed by atoms with Crippen molar-refractivity contribution in [1.29, 1.82) is 0 Å². The first-order valence-electron chi connectivity index (χ1n) is 4.92. The van der Waals surface area contributed by atoms with Crippen molar-refractivity contribution in [1.82, 2.24) is 0 Å². The molecule has 0 radical (unpaired) electrons. The van der Waals surface area contributed by atoms with Gasteiger partial charge in [-0.25, -0.2) is 5.90 Å². The van der Waals surface area contributed by atoms with E-state index in [9.17, 15) is 4.79 Å². The number of benzene rings is 1. The van der Waals surface area contributed by atoms with Crippen LogP contribution in [0.5, 0.6) is 0 Å². The van der Waals surface area contributed by atoms with Gasteiger partial charge in [0.25, 0.3) is 0 Å². The number of hydrogen-bond acceptors (Lipinski definition) is 3. The molecule has 0 fully saturated rings. The van der Waals surface area contributed by atoms with Crippen molar-refractivity contribution < 1.29 is 9.63 Å². The van der Waals surface area contributed by atoms with E-state index < -0.39 is 0 Å². The summed E-state index contributed by atoms with van der Waals surface area (Å²) < 4.78 is 0. The number of carbonyl (C=O) groups excluding carboxylic acids is 1. The van der Waals surface area contributed by atoms with Gasteiger partial charge in [0.15, 0.2) is 0 Å². The van der Waals surface area contributed by atoms with Crippen LogP contribution in [-0.2, 0) is 22.5 Å². The molecule has 80 valence electrons. The van der Waals surface area contributed by atoms with Crippen LogP contribution in [0.15, 0.2) is 18.2 Å². The highest BCUT2D eigenvalue weighted by Crippen LogP contribution is 2.28. The lowest BCUT2D eigenvalue weighted by Gasteiger charge is -2.11. The number of rotatable bonds is 3. The Balaban J connectivity index is 2.23. The number of hydrogen-bond donors (Lipinski definition) is 1. The number of nitrogens with zero attached hydrogens (tertiary/aromatic N) is 1. The Labute approximate surface area is 88.6 Å². The fourth-order valence-electron chi connectivity index (χ4n) is 1.82. The zero-order chi connectivity index (χ0) is 10.8. The molecule has 1 aliphatic rings. The second-order valence-corrected chi connectivity index (χ2v) is 3.71. The Kier molecular flexibility index (Phi) is 2.70. The third-order valence-electron chi connectivity index (χ3n) is 2.74. The van der Waals surface area contributed by atoms with Crippen molar-refractivity contribution in [2.24, 2.45) is 5.90 Å². The minimum Gasteiger partial charge on any atom is -0.315 e. The number of anilines is 1. The Hall–Kier alpha value is -1.39. The van der Waals surface area contributed by atoms with Gasteiger partial charge in [-0.2, -0.15) is 0 Å². The van der Waals surface area contributed by atoms with Crippen molar-refractivity contribution in [2.45, 2.75) is 12.8 Å². The van der Waals surface area contributed by atoms with E-state index in [0.29, 0.717) is 13.0 Å². The average molecular weight is 206 g/mol. The summed E-state index contributed by atoms with van der Waals surface area (Å²) in [4.78, 5) is 17.7. The van der Waals surface area contributed by atoms with Crippen LogP contribution in [0.25, 0.3) is 0 Å². The van der Waals surface area contributed by atoms with Gasteiger partial charge in [-0.3, -0.25) is 4.79 Å². The first kappa shape index (κ1) is 10.1. The summed E-state index contributed by atoms with van der Waals surface area (Å²) in [6, 6.07) is 6.05. The van der Waals surface area contributed by atoms with Gasteiger partial charge < -0.3 is 9.74 Å². The first-order chi connectivity index (χ1) is 7.22. The van der Waals surface area contributed by atoms with Gasteiger partial charge in [0.2, 0.25) is 5.91 Å². The quantitative estimate of drug-likeness (QED) is 0.738. The lowest BCUT2D eigenvalue weighted by Crippen LogP contribution is -2.20. The molecular formula is C11H14N2O2. The molecule has 0 aromatic heterocycles. The van der Waals surface area contributed by atoms with Crippen LogP contribution in [0.2, 0.25) is 0 Å². The van der Waals surface area contributed by atoms with Crippen LogP contribution < -0.4 is 10.8 Å². The summed E-state index contributed by atoms with van der Waals surface area (Å²) in [5.41, 5.74) is 3.25. The zero-order valence-corrected chi connectivity index (χ0v) is 8.69. The van der Waals surface area contributed by atoms with Crippen molar-refractivity contribution in [2.75, 3.05) is 18.6 Å². The summed E-state index contributed by atoms with van der Waals surface area (Å²) >= 11 is 0. The Bertz CT molecular complexity index is 390. The lowest BCUT2D eigenvalue weighted by atomic mass is 10.1. The molecule has 2 rings (SSSR count). The molecule has 0 aliphatic carbocycles. The molecule has 1 amide bonds. The van der Waals surface area contributed by atoms with E-state index in [4.69, 9.17) is 5.90 Å². The molecule has 1 aliphatic heterocycles. The molecule has 0 spiro atoms. The van der Waals surface area contributed by atoms with Gasteiger partial charge in [0, 0.05) is 12.7 Å². The third kappa shape index (κ3) is 1.86.